The van der Waals surface area contributed by atoms with E-state index in [1.165, 1.54) is 0 Å². The summed E-state index contributed by atoms with van der Waals surface area (Å²) >= 11 is 0. The lowest BCUT2D eigenvalue weighted by Gasteiger charge is -2.69. The molecule has 0 aromatic carbocycles. The molecule has 45 heavy (non-hydrogen) atoms. The molecule has 9 nitrogen and oxygen atoms in total. The van der Waals surface area contributed by atoms with Crippen LogP contribution in [0.15, 0.2) is 23.3 Å². The Morgan fingerprint density at radius 3 is 2.27 bits per heavy atom. The number of ether oxygens (including phenoxy) is 2. The average molecular weight is 637 g/mol. The van der Waals surface area contributed by atoms with Crippen LogP contribution in [0.3, 0.4) is 0 Å². The van der Waals surface area contributed by atoms with Gasteiger partial charge < -0.3 is 45.2 Å². The summed E-state index contributed by atoms with van der Waals surface area (Å²) in [7, 11) is 0. The fraction of sp³-hybridized carbons (Fsp3) is 0.889. The highest BCUT2D eigenvalue weighted by Gasteiger charge is 2.72. The Hall–Kier alpha value is -0.880. The third-order valence-electron chi connectivity index (χ3n) is 14.0. The molecule has 9 heteroatoms. The Balaban J connectivity index is 1.54. The molecule has 4 fully saturated rings. The van der Waals surface area contributed by atoms with Crippen LogP contribution in [0.2, 0.25) is 0 Å². The normalized spacial score (nSPS) is 50.5. The first kappa shape index (κ1) is 35.4. The van der Waals surface area contributed by atoms with Crippen LogP contribution >= 0.6 is 0 Å². The SMILES string of the molecule is CC(C)=CCCC(C)(OC1OC(CO)C(O)C(O)C1O)C1CCC2(C)C1C(O)CC1C3(C)CCC(O)C(C)(C)C3=CC(O)C12C. The second-order valence-electron chi connectivity index (χ2n) is 16.9. The number of aliphatic hydroxyl groups is 7. The number of rotatable bonds is 7. The molecule has 3 saturated carbocycles. The van der Waals surface area contributed by atoms with E-state index in [1.54, 1.807) is 0 Å². The van der Waals surface area contributed by atoms with E-state index in [9.17, 15) is 35.7 Å². The van der Waals surface area contributed by atoms with E-state index in [0.717, 1.165) is 30.4 Å². The van der Waals surface area contributed by atoms with Gasteiger partial charge in [0, 0.05) is 10.8 Å². The zero-order valence-electron chi connectivity index (χ0n) is 28.6. The first-order valence-electron chi connectivity index (χ1n) is 17.2. The molecule has 0 bridgehead atoms. The van der Waals surface area contributed by atoms with Crippen molar-refractivity contribution in [2.24, 2.45) is 39.4 Å². The predicted octanol–water partition coefficient (Wildman–Crippen LogP) is 3.22. The van der Waals surface area contributed by atoms with Crippen molar-refractivity contribution in [2.75, 3.05) is 6.61 Å². The highest BCUT2D eigenvalue weighted by atomic mass is 16.7. The highest BCUT2D eigenvalue weighted by molar-refractivity contribution is 5.36. The van der Waals surface area contributed by atoms with E-state index >= 15 is 0 Å². The summed E-state index contributed by atoms with van der Waals surface area (Å²) < 4.78 is 12.5. The van der Waals surface area contributed by atoms with Crippen LogP contribution in [0.25, 0.3) is 0 Å². The van der Waals surface area contributed by atoms with E-state index < -0.39 is 77.5 Å². The van der Waals surface area contributed by atoms with Crippen molar-refractivity contribution in [3.05, 3.63) is 23.3 Å². The van der Waals surface area contributed by atoms with Crippen LogP contribution in [0.5, 0.6) is 0 Å². The molecule has 15 unspecified atom stereocenters. The maximum Gasteiger partial charge on any atom is 0.187 e. The van der Waals surface area contributed by atoms with Gasteiger partial charge in [-0.25, -0.2) is 0 Å². The quantitative estimate of drug-likeness (QED) is 0.208. The number of hydrogen-bond donors (Lipinski definition) is 7. The molecule has 1 saturated heterocycles. The van der Waals surface area contributed by atoms with E-state index in [0.29, 0.717) is 25.7 Å². The van der Waals surface area contributed by atoms with Gasteiger partial charge in [0.1, 0.15) is 24.4 Å². The maximum atomic E-state index is 12.2. The van der Waals surface area contributed by atoms with Crippen molar-refractivity contribution in [1.82, 2.24) is 0 Å². The maximum absolute atomic E-state index is 12.2. The summed E-state index contributed by atoms with van der Waals surface area (Å²) in [4.78, 5) is 0. The standard InChI is InChI=1S/C36H60O9/c1-19(2)10-9-13-35(7,45-31-30(43)29(42)28(41)22(18-37)44-31)20-11-15-34(6)27(20)21(38)16-24-33(5)14-12-25(39)32(3,4)23(33)17-26(40)36(24,34)8/h10,17,20-22,24-31,37-43H,9,11-16,18H2,1-8H3. The molecule has 5 rings (SSSR count). The van der Waals surface area contributed by atoms with Gasteiger partial charge in [-0.2, -0.15) is 0 Å². The summed E-state index contributed by atoms with van der Waals surface area (Å²) in [5.41, 5.74) is -0.398. The topological polar surface area (TPSA) is 160 Å². The largest absolute Gasteiger partial charge is 0.394 e. The van der Waals surface area contributed by atoms with Crippen molar-refractivity contribution in [2.45, 2.75) is 155 Å². The number of aliphatic hydroxyl groups excluding tert-OH is 7. The second-order valence-corrected chi connectivity index (χ2v) is 16.9. The lowest BCUT2D eigenvalue weighted by molar-refractivity contribution is -0.336. The molecule has 0 amide bonds. The molecule has 0 aromatic rings. The van der Waals surface area contributed by atoms with Crippen molar-refractivity contribution in [1.29, 1.82) is 0 Å². The fourth-order valence-electron chi connectivity index (χ4n) is 11.1. The lowest BCUT2D eigenvalue weighted by Crippen LogP contribution is -2.68. The minimum atomic E-state index is -1.55. The van der Waals surface area contributed by atoms with Crippen molar-refractivity contribution >= 4 is 0 Å². The van der Waals surface area contributed by atoms with Gasteiger partial charge in [-0.3, -0.25) is 0 Å². The van der Waals surface area contributed by atoms with E-state index in [4.69, 9.17) is 9.47 Å². The summed E-state index contributed by atoms with van der Waals surface area (Å²) in [5, 5.41) is 77.0. The zero-order chi connectivity index (χ0) is 33.5. The van der Waals surface area contributed by atoms with Crippen molar-refractivity contribution in [3.8, 4) is 0 Å². The van der Waals surface area contributed by atoms with Gasteiger partial charge >= 0.3 is 0 Å². The molecule has 0 radical (unpaired) electrons. The molecule has 15 atom stereocenters. The highest BCUT2D eigenvalue weighted by Crippen LogP contribution is 2.74. The van der Waals surface area contributed by atoms with Crippen LogP contribution in [-0.4, -0.2) is 97.0 Å². The van der Waals surface area contributed by atoms with Gasteiger partial charge in [0.05, 0.1) is 30.5 Å². The van der Waals surface area contributed by atoms with Crippen molar-refractivity contribution in [3.63, 3.8) is 0 Å². The second kappa shape index (κ2) is 11.9. The summed E-state index contributed by atoms with van der Waals surface area (Å²) in [5.74, 6) is -0.385. The van der Waals surface area contributed by atoms with Crippen molar-refractivity contribution < 1.29 is 45.2 Å². The van der Waals surface area contributed by atoms with E-state index in [2.05, 4.69) is 40.7 Å². The van der Waals surface area contributed by atoms with Gasteiger partial charge in [-0.15, -0.1) is 0 Å². The molecule has 7 N–H and O–H groups in total. The first-order chi connectivity index (χ1) is 20.8. The molecule has 4 aliphatic carbocycles. The number of hydrogen-bond acceptors (Lipinski definition) is 9. The number of fused-ring (bicyclic) bond motifs is 5. The Kier molecular flexibility index (Phi) is 9.38. The average Bonchev–Trinajstić information content (AvgIpc) is 3.35. The first-order valence-corrected chi connectivity index (χ1v) is 17.2. The van der Waals surface area contributed by atoms with Crippen LogP contribution < -0.4 is 0 Å². The smallest absolute Gasteiger partial charge is 0.187 e. The molecule has 5 aliphatic rings. The molecule has 0 aromatic heterocycles. The fourth-order valence-corrected chi connectivity index (χ4v) is 11.1. The Morgan fingerprint density at radius 2 is 1.64 bits per heavy atom. The molecular formula is C36H60O9. The minimum Gasteiger partial charge on any atom is -0.394 e. The minimum absolute atomic E-state index is 0.00470. The van der Waals surface area contributed by atoms with Crippen LogP contribution in [0.1, 0.15) is 100 Å². The molecule has 0 spiro atoms. The van der Waals surface area contributed by atoms with Crippen LogP contribution in [-0.2, 0) is 9.47 Å². The van der Waals surface area contributed by atoms with Gasteiger partial charge in [0.2, 0.25) is 0 Å². The van der Waals surface area contributed by atoms with Crippen LogP contribution in [0.4, 0.5) is 0 Å². The molecular weight excluding hydrogens is 576 g/mol. The lowest BCUT2D eigenvalue weighted by atomic mass is 9.37. The molecule has 258 valence electrons. The van der Waals surface area contributed by atoms with Crippen LogP contribution in [0, 0.1) is 39.4 Å². The van der Waals surface area contributed by atoms with E-state index in [1.807, 2.05) is 26.8 Å². The summed E-state index contributed by atoms with van der Waals surface area (Å²) in [6.07, 6.45) is 0.100. The third kappa shape index (κ3) is 5.23. The van der Waals surface area contributed by atoms with Gasteiger partial charge in [0.25, 0.3) is 0 Å². The molecule has 1 aliphatic heterocycles. The summed E-state index contributed by atoms with van der Waals surface area (Å²) in [6.45, 7) is 16.4. The predicted molar refractivity (Wildman–Crippen MR) is 170 cm³/mol. The van der Waals surface area contributed by atoms with Gasteiger partial charge in [-0.05, 0) is 94.3 Å². The monoisotopic (exact) mass is 636 g/mol. The number of allylic oxidation sites excluding steroid dienone is 2. The molecule has 1 heterocycles. The summed E-state index contributed by atoms with van der Waals surface area (Å²) in [6, 6.07) is 0. The van der Waals surface area contributed by atoms with E-state index in [-0.39, 0.29) is 23.2 Å². The Morgan fingerprint density at radius 1 is 0.978 bits per heavy atom. The zero-order valence-corrected chi connectivity index (χ0v) is 28.6. The Bertz CT molecular complexity index is 1160. The Labute approximate surface area is 269 Å². The van der Waals surface area contributed by atoms with Gasteiger partial charge in [0.15, 0.2) is 6.29 Å². The van der Waals surface area contributed by atoms with Gasteiger partial charge in [-0.1, -0.05) is 57.9 Å². The third-order valence-corrected chi connectivity index (χ3v) is 14.0.